The Labute approximate surface area is 133 Å². The summed E-state index contributed by atoms with van der Waals surface area (Å²) in [5.74, 6) is -1.17. The fourth-order valence-corrected chi connectivity index (χ4v) is 1.73. The van der Waals surface area contributed by atoms with Crippen molar-refractivity contribution in [3.8, 4) is 0 Å². The molecule has 0 atom stereocenters. The Kier molecular flexibility index (Phi) is 6.47. The minimum atomic E-state index is -1.17. The van der Waals surface area contributed by atoms with E-state index in [0.717, 1.165) is 0 Å². The normalized spacial score (nSPS) is 9.15. The molecule has 0 amide bonds. The number of carbonyl (C=O) groups is 1. The van der Waals surface area contributed by atoms with Crippen LogP contribution in [0.4, 0.5) is 0 Å². The Morgan fingerprint density at radius 2 is 1.54 bits per heavy atom. The molecule has 0 aromatic heterocycles. The first-order valence-corrected chi connectivity index (χ1v) is 4.03. The van der Waals surface area contributed by atoms with E-state index >= 15 is 0 Å². The van der Waals surface area contributed by atoms with Gasteiger partial charge < -0.3 is 5.11 Å². The van der Waals surface area contributed by atoms with Crippen LogP contribution in [-0.4, -0.2) is 62.5 Å². The molecule has 1 aromatic rings. The Morgan fingerprint density at radius 3 is 1.85 bits per heavy atom. The Bertz CT molecular complexity index is 318. The van der Waals surface area contributed by atoms with Gasteiger partial charge in [0.25, 0.3) is 0 Å². The zero-order valence-corrected chi connectivity index (χ0v) is 12.0. The van der Waals surface area contributed by atoms with Gasteiger partial charge >= 0.3 is 5.97 Å². The summed E-state index contributed by atoms with van der Waals surface area (Å²) in [6.07, 6.45) is 0. The smallest absolute Gasteiger partial charge is 0.338 e. The molecule has 0 bridgehead atoms. The number of aromatic carboxylic acids is 1. The van der Waals surface area contributed by atoms with Gasteiger partial charge in [-0.2, -0.15) is 0 Å². The van der Waals surface area contributed by atoms with Crippen molar-refractivity contribution < 1.29 is 9.90 Å². The maximum absolute atomic E-state index is 10.5. The number of hydrogen-bond donors (Lipinski definition) is 1. The van der Waals surface area contributed by atoms with E-state index in [1.54, 1.807) is 0 Å². The molecule has 2 nitrogen and oxygen atoms in total. The van der Waals surface area contributed by atoms with E-state index in [1.165, 1.54) is 12.1 Å². The largest absolute Gasteiger partial charge is 0.478 e. The average Bonchev–Trinajstić information content (AvgIpc) is 1.82. The summed E-state index contributed by atoms with van der Waals surface area (Å²) in [5, 5.41) is 9.02. The summed E-state index contributed by atoms with van der Waals surface area (Å²) in [7, 11) is 0. The maximum atomic E-state index is 10.5. The first-order valence-electron chi connectivity index (χ1n) is 2.90. The van der Waals surface area contributed by atoms with E-state index in [9.17, 15) is 4.79 Å². The number of carboxylic acids is 1. The van der Waals surface area contributed by atoms with Gasteiger partial charge in [-0.15, -0.1) is 0 Å². The van der Waals surface area contributed by atoms with E-state index in [4.69, 9.17) is 39.9 Å². The molecule has 0 saturated heterocycles. The van der Waals surface area contributed by atoms with Crippen molar-refractivity contribution in [2.75, 3.05) is 0 Å². The fourth-order valence-electron chi connectivity index (χ4n) is 0.747. The molecule has 6 heteroatoms. The number of rotatable bonds is 1. The number of halogens is 3. The van der Waals surface area contributed by atoms with E-state index in [-0.39, 0.29) is 67.0 Å². The minimum Gasteiger partial charge on any atom is -0.478 e. The van der Waals surface area contributed by atoms with Crippen LogP contribution in [0.1, 0.15) is 10.4 Å². The number of benzene rings is 1. The molecule has 0 aliphatic rings. The van der Waals surface area contributed by atoms with Crippen LogP contribution in [0.15, 0.2) is 12.1 Å². The van der Waals surface area contributed by atoms with Crippen LogP contribution >= 0.6 is 34.8 Å². The van der Waals surface area contributed by atoms with E-state index in [0.29, 0.717) is 5.02 Å². The van der Waals surface area contributed by atoms with Crippen LogP contribution in [-0.2, 0) is 0 Å². The van der Waals surface area contributed by atoms with Crippen molar-refractivity contribution in [1.29, 1.82) is 0 Å². The van der Waals surface area contributed by atoms with Crippen LogP contribution in [0.3, 0.4) is 0 Å². The SMILES string of the molecule is O=C(O)c1c(Cl)cc(Cl)cc1Cl.[K]. The fraction of sp³-hybridized carbons (Fsp3) is 0. The van der Waals surface area contributed by atoms with Crippen molar-refractivity contribution in [1.82, 2.24) is 0 Å². The molecule has 1 radical (unpaired) electrons. The first-order chi connectivity index (χ1) is 5.52. The third-order valence-electron chi connectivity index (χ3n) is 1.22. The quantitative estimate of drug-likeness (QED) is 0.792. The van der Waals surface area contributed by atoms with Crippen molar-refractivity contribution in [3.63, 3.8) is 0 Å². The first kappa shape index (κ1) is 14.2. The van der Waals surface area contributed by atoms with Crippen LogP contribution in [0.25, 0.3) is 0 Å². The van der Waals surface area contributed by atoms with Crippen molar-refractivity contribution >= 4 is 92.2 Å². The standard InChI is InChI=1S/C7H3Cl3O2.K/c8-3-1-4(9)6(7(11)12)5(10)2-3;/h1-2H,(H,11,12);. The second kappa shape index (κ2) is 5.93. The summed E-state index contributed by atoms with van der Waals surface area (Å²) in [6, 6.07) is 2.66. The van der Waals surface area contributed by atoms with E-state index in [1.807, 2.05) is 0 Å². The van der Waals surface area contributed by atoms with E-state index < -0.39 is 5.97 Å². The van der Waals surface area contributed by atoms with Crippen LogP contribution < -0.4 is 0 Å². The second-order valence-electron chi connectivity index (χ2n) is 2.05. The zero-order chi connectivity index (χ0) is 9.30. The molecule has 0 aliphatic carbocycles. The molecular formula is C7H3Cl3KO2. The number of hydrogen-bond acceptors (Lipinski definition) is 1. The summed E-state index contributed by atoms with van der Waals surface area (Å²) < 4.78 is 0. The second-order valence-corrected chi connectivity index (χ2v) is 3.30. The van der Waals surface area contributed by atoms with Gasteiger partial charge in [-0.1, -0.05) is 34.8 Å². The molecule has 0 unspecified atom stereocenters. The third-order valence-corrected chi connectivity index (χ3v) is 2.04. The van der Waals surface area contributed by atoms with Gasteiger partial charge in [0.05, 0.1) is 15.6 Å². The monoisotopic (exact) mass is 263 g/mol. The van der Waals surface area contributed by atoms with Crippen LogP contribution in [0.5, 0.6) is 0 Å². The molecule has 13 heavy (non-hydrogen) atoms. The van der Waals surface area contributed by atoms with Crippen molar-refractivity contribution in [2.24, 2.45) is 0 Å². The molecule has 0 saturated carbocycles. The molecule has 1 rings (SSSR count). The molecule has 0 heterocycles. The molecule has 0 aliphatic heterocycles. The molecular weight excluding hydrogens is 262 g/mol. The molecule has 0 fully saturated rings. The maximum Gasteiger partial charge on any atom is 0.338 e. The van der Waals surface area contributed by atoms with Gasteiger partial charge in [0, 0.05) is 56.4 Å². The predicted molar refractivity (Wildman–Crippen MR) is 54.2 cm³/mol. The van der Waals surface area contributed by atoms with Gasteiger partial charge in [0.2, 0.25) is 0 Å². The Hall–Kier alpha value is 1.20. The zero-order valence-electron chi connectivity index (χ0n) is 6.64. The van der Waals surface area contributed by atoms with Gasteiger partial charge in [-0.3, -0.25) is 0 Å². The van der Waals surface area contributed by atoms with E-state index in [2.05, 4.69) is 0 Å². The van der Waals surface area contributed by atoms with Crippen molar-refractivity contribution in [3.05, 3.63) is 32.8 Å². The third kappa shape index (κ3) is 3.68. The number of carboxylic acid groups (broad SMARTS) is 1. The Morgan fingerprint density at radius 1 is 1.15 bits per heavy atom. The van der Waals surface area contributed by atoms with Gasteiger partial charge in [-0.05, 0) is 12.1 Å². The molecule has 0 spiro atoms. The van der Waals surface area contributed by atoms with Gasteiger partial charge in [-0.25, -0.2) is 4.79 Å². The molecule has 1 aromatic carbocycles. The summed E-state index contributed by atoms with van der Waals surface area (Å²) in [5.41, 5.74) is -0.122. The molecule has 1 N–H and O–H groups in total. The Balaban J connectivity index is 0.00000144. The summed E-state index contributed by atoms with van der Waals surface area (Å²) in [4.78, 5) is 10.5. The van der Waals surface area contributed by atoms with Gasteiger partial charge in [0.1, 0.15) is 0 Å². The van der Waals surface area contributed by atoms with Gasteiger partial charge in [0.15, 0.2) is 0 Å². The molecule has 65 valence electrons. The van der Waals surface area contributed by atoms with Crippen molar-refractivity contribution in [2.45, 2.75) is 0 Å². The summed E-state index contributed by atoms with van der Waals surface area (Å²) >= 11 is 16.7. The summed E-state index contributed by atoms with van der Waals surface area (Å²) in [6.45, 7) is 0. The average molecular weight is 265 g/mol. The minimum absolute atomic E-state index is 0. The topological polar surface area (TPSA) is 37.3 Å². The van der Waals surface area contributed by atoms with Crippen LogP contribution in [0, 0.1) is 0 Å². The van der Waals surface area contributed by atoms with Crippen LogP contribution in [0.2, 0.25) is 15.1 Å². The predicted octanol–water partition coefficient (Wildman–Crippen LogP) is 2.96.